The molecule has 112 valence electrons. The second-order valence-electron chi connectivity index (χ2n) is 5.42. The molecule has 0 heterocycles. The summed E-state index contributed by atoms with van der Waals surface area (Å²) in [6, 6.07) is 5.59. The fourth-order valence-corrected chi connectivity index (χ4v) is 1.54. The van der Waals surface area contributed by atoms with Crippen molar-refractivity contribution in [3.63, 3.8) is 0 Å². The van der Waals surface area contributed by atoms with Gasteiger partial charge in [-0.1, -0.05) is 18.2 Å². The van der Waals surface area contributed by atoms with Crippen molar-refractivity contribution in [1.29, 1.82) is 0 Å². The second kappa shape index (κ2) is 6.67. The topological polar surface area (TPSA) is 78.8 Å². The van der Waals surface area contributed by atoms with Crippen LogP contribution in [0.15, 0.2) is 24.3 Å². The Bertz CT molecular complexity index is 459. The van der Waals surface area contributed by atoms with Gasteiger partial charge in [0.05, 0.1) is 0 Å². The lowest BCUT2D eigenvalue weighted by atomic mass is 10.0. The molecule has 0 aromatic heterocycles. The van der Waals surface area contributed by atoms with Crippen LogP contribution in [0, 0.1) is 5.82 Å². The van der Waals surface area contributed by atoms with Gasteiger partial charge in [0.25, 0.3) is 0 Å². The molecule has 1 rings (SSSR count). The van der Waals surface area contributed by atoms with Gasteiger partial charge in [0.15, 0.2) is 0 Å². The molecule has 0 spiro atoms. The summed E-state index contributed by atoms with van der Waals surface area (Å²) < 4.78 is 18.4. The average Bonchev–Trinajstić information content (AvgIpc) is 2.33. The summed E-state index contributed by atoms with van der Waals surface area (Å²) in [6.07, 6.45) is -3.47. The van der Waals surface area contributed by atoms with Crippen molar-refractivity contribution in [3.8, 4) is 0 Å². The van der Waals surface area contributed by atoms with Crippen LogP contribution in [0.5, 0.6) is 0 Å². The zero-order valence-corrected chi connectivity index (χ0v) is 11.8. The molecule has 0 aliphatic heterocycles. The highest BCUT2D eigenvalue weighted by atomic mass is 19.1. The molecule has 0 aliphatic rings. The Kier molecular flexibility index (Phi) is 5.47. The van der Waals surface area contributed by atoms with E-state index < -0.39 is 29.7 Å². The van der Waals surface area contributed by atoms with E-state index in [0.29, 0.717) is 0 Å². The maximum atomic E-state index is 13.4. The van der Waals surface area contributed by atoms with Gasteiger partial charge in [-0.2, -0.15) is 0 Å². The van der Waals surface area contributed by atoms with Crippen LogP contribution in [-0.2, 0) is 4.74 Å². The molecule has 0 fully saturated rings. The third kappa shape index (κ3) is 5.14. The number of carbonyl (C=O) groups excluding carboxylic acids is 1. The number of ether oxygens (including phenoxy) is 1. The predicted octanol–water partition coefficient (Wildman–Crippen LogP) is 1.74. The van der Waals surface area contributed by atoms with E-state index in [1.54, 1.807) is 26.8 Å². The number of rotatable bonds is 4. The molecule has 0 bridgehead atoms. The number of carbonyl (C=O) groups is 1. The Balaban J connectivity index is 2.53. The third-order valence-electron chi connectivity index (χ3n) is 2.44. The van der Waals surface area contributed by atoms with Crippen molar-refractivity contribution in [3.05, 3.63) is 35.6 Å². The van der Waals surface area contributed by atoms with Gasteiger partial charge < -0.3 is 20.3 Å². The van der Waals surface area contributed by atoms with Crippen molar-refractivity contribution < 1.29 is 24.1 Å². The molecule has 20 heavy (non-hydrogen) atoms. The summed E-state index contributed by atoms with van der Waals surface area (Å²) in [4.78, 5) is 11.4. The van der Waals surface area contributed by atoms with Crippen LogP contribution >= 0.6 is 0 Å². The first-order chi connectivity index (χ1) is 9.20. The van der Waals surface area contributed by atoms with Crippen LogP contribution in [0.25, 0.3) is 0 Å². The minimum absolute atomic E-state index is 0.0222. The normalized spacial score (nSPS) is 14.5. The highest BCUT2D eigenvalue weighted by molar-refractivity contribution is 5.67. The van der Waals surface area contributed by atoms with E-state index in [1.165, 1.54) is 18.2 Å². The molecule has 2 atom stereocenters. The van der Waals surface area contributed by atoms with Crippen molar-refractivity contribution in [2.45, 2.75) is 38.6 Å². The number of hydrogen-bond acceptors (Lipinski definition) is 4. The molecular formula is C14H20FNO4. The number of alkyl carbamates (subject to hydrolysis) is 1. The smallest absolute Gasteiger partial charge is 0.407 e. The average molecular weight is 285 g/mol. The molecule has 0 aliphatic carbocycles. The minimum Gasteiger partial charge on any atom is -0.444 e. The standard InChI is InChI=1S/C14H20FNO4/c1-14(2,3)20-13(19)16-8-11(17)12(18)9-6-4-5-7-10(9)15/h4-7,11-12,17-18H,8H2,1-3H3,(H,16,19). The molecule has 0 saturated carbocycles. The number of nitrogens with one attached hydrogen (secondary N) is 1. The molecular weight excluding hydrogens is 265 g/mol. The number of aliphatic hydroxyl groups is 2. The maximum Gasteiger partial charge on any atom is 0.407 e. The van der Waals surface area contributed by atoms with Crippen molar-refractivity contribution in [2.75, 3.05) is 6.54 Å². The minimum atomic E-state index is -1.42. The van der Waals surface area contributed by atoms with Crippen LogP contribution in [0.3, 0.4) is 0 Å². The lowest BCUT2D eigenvalue weighted by molar-refractivity contribution is 0.0113. The van der Waals surface area contributed by atoms with Crippen molar-refractivity contribution >= 4 is 6.09 Å². The van der Waals surface area contributed by atoms with Crippen LogP contribution in [0.4, 0.5) is 9.18 Å². The molecule has 0 saturated heterocycles. The first-order valence-corrected chi connectivity index (χ1v) is 6.28. The molecule has 5 nitrogen and oxygen atoms in total. The lowest BCUT2D eigenvalue weighted by Gasteiger charge is -2.22. The monoisotopic (exact) mass is 285 g/mol. The van der Waals surface area contributed by atoms with Crippen LogP contribution in [0.1, 0.15) is 32.4 Å². The zero-order chi connectivity index (χ0) is 15.3. The summed E-state index contributed by atoms with van der Waals surface area (Å²) in [5.74, 6) is -0.615. The molecule has 2 unspecified atom stereocenters. The predicted molar refractivity (Wildman–Crippen MR) is 71.6 cm³/mol. The SMILES string of the molecule is CC(C)(C)OC(=O)NCC(O)C(O)c1ccccc1F. The van der Waals surface area contributed by atoms with Crippen molar-refractivity contribution in [2.24, 2.45) is 0 Å². The van der Waals surface area contributed by atoms with E-state index in [-0.39, 0.29) is 12.1 Å². The lowest BCUT2D eigenvalue weighted by Crippen LogP contribution is -2.39. The fourth-order valence-electron chi connectivity index (χ4n) is 1.54. The van der Waals surface area contributed by atoms with E-state index in [9.17, 15) is 19.4 Å². The Morgan fingerprint density at radius 3 is 2.50 bits per heavy atom. The van der Waals surface area contributed by atoms with Crippen LogP contribution in [0.2, 0.25) is 0 Å². The van der Waals surface area contributed by atoms with E-state index in [2.05, 4.69) is 5.32 Å². The van der Waals surface area contributed by atoms with Gasteiger partial charge in [0.2, 0.25) is 0 Å². The Labute approximate surface area is 117 Å². The zero-order valence-electron chi connectivity index (χ0n) is 11.8. The van der Waals surface area contributed by atoms with Gasteiger partial charge in [0.1, 0.15) is 23.6 Å². The number of amides is 1. The Morgan fingerprint density at radius 2 is 1.95 bits per heavy atom. The summed E-state index contributed by atoms with van der Waals surface area (Å²) in [6.45, 7) is 4.87. The maximum absolute atomic E-state index is 13.4. The van der Waals surface area contributed by atoms with Gasteiger partial charge in [-0.05, 0) is 26.8 Å². The highest BCUT2D eigenvalue weighted by Crippen LogP contribution is 2.19. The molecule has 6 heteroatoms. The van der Waals surface area contributed by atoms with Gasteiger partial charge in [-0.15, -0.1) is 0 Å². The van der Waals surface area contributed by atoms with Crippen molar-refractivity contribution in [1.82, 2.24) is 5.32 Å². The van der Waals surface area contributed by atoms with Gasteiger partial charge in [0, 0.05) is 12.1 Å². The first kappa shape index (κ1) is 16.4. The molecule has 3 N–H and O–H groups in total. The molecule has 1 amide bonds. The van der Waals surface area contributed by atoms with E-state index in [0.717, 1.165) is 0 Å². The van der Waals surface area contributed by atoms with Gasteiger partial charge in [-0.3, -0.25) is 0 Å². The number of aliphatic hydroxyl groups excluding tert-OH is 2. The molecule has 0 radical (unpaired) electrons. The van der Waals surface area contributed by atoms with Crippen LogP contribution < -0.4 is 5.32 Å². The largest absolute Gasteiger partial charge is 0.444 e. The highest BCUT2D eigenvalue weighted by Gasteiger charge is 2.23. The fraction of sp³-hybridized carbons (Fsp3) is 0.500. The first-order valence-electron chi connectivity index (χ1n) is 6.28. The molecule has 1 aromatic carbocycles. The van der Waals surface area contributed by atoms with Gasteiger partial charge in [-0.25, -0.2) is 9.18 Å². The number of benzene rings is 1. The number of halogens is 1. The Morgan fingerprint density at radius 1 is 1.35 bits per heavy atom. The Hall–Kier alpha value is -1.66. The summed E-state index contributed by atoms with van der Waals surface area (Å²) in [5, 5.41) is 21.9. The molecule has 1 aromatic rings. The summed E-state index contributed by atoms with van der Waals surface area (Å²) in [5.41, 5.74) is -0.676. The van der Waals surface area contributed by atoms with Crippen LogP contribution in [-0.4, -0.2) is 34.6 Å². The second-order valence-corrected chi connectivity index (χ2v) is 5.42. The summed E-state index contributed by atoms with van der Waals surface area (Å²) >= 11 is 0. The quantitative estimate of drug-likeness (QED) is 0.787. The van der Waals surface area contributed by atoms with E-state index >= 15 is 0 Å². The van der Waals surface area contributed by atoms with E-state index in [1.807, 2.05) is 0 Å². The third-order valence-corrected chi connectivity index (χ3v) is 2.44. The van der Waals surface area contributed by atoms with Gasteiger partial charge >= 0.3 is 6.09 Å². The summed E-state index contributed by atoms with van der Waals surface area (Å²) in [7, 11) is 0. The number of hydrogen-bond donors (Lipinski definition) is 3. The van der Waals surface area contributed by atoms with E-state index in [4.69, 9.17) is 4.74 Å².